The van der Waals surface area contributed by atoms with Gasteiger partial charge in [-0.3, -0.25) is 0 Å². The lowest BCUT2D eigenvalue weighted by molar-refractivity contribution is 0.977. The molecule has 0 aromatic heterocycles. The van der Waals surface area contributed by atoms with Gasteiger partial charge in [-0.05, 0) is 41.0 Å². The van der Waals surface area contributed by atoms with Crippen LogP contribution in [0.5, 0.6) is 0 Å². The number of benzene rings is 5. The van der Waals surface area contributed by atoms with Gasteiger partial charge in [0, 0.05) is 15.7 Å². The molecule has 0 fully saturated rings. The molecule has 0 bridgehead atoms. The van der Waals surface area contributed by atoms with Crippen molar-refractivity contribution in [1.29, 1.82) is 0 Å². The molecule has 6 rings (SSSR count). The van der Waals surface area contributed by atoms with E-state index in [1.54, 1.807) is 0 Å². The maximum Gasteiger partial charge on any atom is 0.0526 e. The van der Waals surface area contributed by atoms with Crippen LogP contribution in [0.4, 0.5) is 11.4 Å². The third-order valence-electron chi connectivity index (χ3n) is 5.66. The molecule has 1 aliphatic rings. The maximum atomic E-state index is 3.42. The van der Waals surface area contributed by atoms with E-state index in [9.17, 15) is 0 Å². The summed E-state index contributed by atoms with van der Waals surface area (Å²) >= 11 is 1.82. The van der Waals surface area contributed by atoms with Crippen molar-refractivity contribution in [3.63, 3.8) is 0 Å². The summed E-state index contributed by atoms with van der Waals surface area (Å²) in [6.07, 6.45) is 0. The van der Waals surface area contributed by atoms with Gasteiger partial charge in [0.05, 0.1) is 11.4 Å². The molecule has 0 radical (unpaired) electrons. The molecule has 33 heavy (non-hydrogen) atoms. The van der Waals surface area contributed by atoms with Crippen LogP contribution in [-0.2, 0) is 0 Å². The SMILES string of the molecule is c1ccc(C(c2ccccc2)c2ccccc2)cc1.c1ccc2c(c1)Nc1ccccc1S2. The smallest absolute Gasteiger partial charge is 0.0526 e. The third kappa shape index (κ3) is 5.02. The van der Waals surface area contributed by atoms with E-state index in [0.717, 1.165) is 0 Å². The zero-order valence-electron chi connectivity index (χ0n) is 18.3. The van der Waals surface area contributed by atoms with Crippen LogP contribution in [0.1, 0.15) is 22.6 Å². The Balaban J connectivity index is 0.000000144. The predicted molar refractivity (Wildman–Crippen MR) is 141 cm³/mol. The summed E-state index contributed by atoms with van der Waals surface area (Å²) in [7, 11) is 0. The topological polar surface area (TPSA) is 12.0 Å². The summed E-state index contributed by atoms with van der Waals surface area (Å²) in [5.74, 6) is 0.309. The van der Waals surface area contributed by atoms with E-state index in [4.69, 9.17) is 0 Å². The van der Waals surface area contributed by atoms with E-state index in [1.807, 2.05) is 11.8 Å². The molecule has 5 aromatic carbocycles. The summed E-state index contributed by atoms with van der Waals surface area (Å²) < 4.78 is 0. The van der Waals surface area contributed by atoms with Gasteiger partial charge in [0.2, 0.25) is 0 Å². The summed E-state index contributed by atoms with van der Waals surface area (Å²) in [6.45, 7) is 0. The van der Waals surface area contributed by atoms with Crippen molar-refractivity contribution in [3.8, 4) is 0 Å². The summed E-state index contributed by atoms with van der Waals surface area (Å²) in [5, 5.41) is 3.42. The van der Waals surface area contributed by atoms with Gasteiger partial charge in [-0.25, -0.2) is 0 Å². The molecule has 1 N–H and O–H groups in total. The van der Waals surface area contributed by atoms with E-state index in [-0.39, 0.29) is 0 Å². The summed E-state index contributed by atoms with van der Waals surface area (Å²) in [6, 6.07) is 48.8. The monoisotopic (exact) mass is 443 g/mol. The summed E-state index contributed by atoms with van der Waals surface area (Å²) in [4.78, 5) is 2.59. The number of fused-ring (bicyclic) bond motifs is 2. The molecular formula is C31H25NS. The van der Waals surface area contributed by atoms with Crippen LogP contribution in [0.15, 0.2) is 149 Å². The molecule has 160 valence electrons. The van der Waals surface area contributed by atoms with Crippen molar-refractivity contribution in [2.45, 2.75) is 15.7 Å². The molecule has 0 spiro atoms. The molecule has 0 saturated heterocycles. The highest BCUT2D eigenvalue weighted by Crippen LogP contribution is 2.43. The van der Waals surface area contributed by atoms with E-state index >= 15 is 0 Å². The summed E-state index contributed by atoms with van der Waals surface area (Å²) in [5.41, 5.74) is 6.41. The second-order valence-electron chi connectivity index (χ2n) is 7.88. The number of rotatable bonds is 3. The van der Waals surface area contributed by atoms with Crippen molar-refractivity contribution < 1.29 is 0 Å². The van der Waals surface area contributed by atoms with Gasteiger partial charge in [0.1, 0.15) is 0 Å². The fourth-order valence-corrected chi connectivity index (χ4v) is 5.08. The molecule has 0 saturated carbocycles. The van der Waals surface area contributed by atoms with Crippen LogP contribution in [0, 0.1) is 0 Å². The second kappa shape index (κ2) is 10.2. The molecule has 0 amide bonds. The second-order valence-corrected chi connectivity index (χ2v) is 8.97. The van der Waals surface area contributed by atoms with Gasteiger partial charge in [-0.2, -0.15) is 0 Å². The maximum absolute atomic E-state index is 3.42. The zero-order chi connectivity index (χ0) is 22.3. The largest absolute Gasteiger partial charge is 0.354 e. The minimum Gasteiger partial charge on any atom is -0.354 e. The molecule has 0 atom stereocenters. The van der Waals surface area contributed by atoms with Gasteiger partial charge in [0.15, 0.2) is 0 Å². The predicted octanol–water partition coefficient (Wildman–Crippen LogP) is 8.76. The van der Waals surface area contributed by atoms with Gasteiger partial charge >= 0.3 is 0 Å². The number of hydrogen-bond acceptors (Lipinski definition) is 2. The van der Waals surface area contributed by atoms with Crippen LogP contribution in [0.2, 0.25) is 0 Å². The standard InChI is InChI=1S/C19H16.C12H9NS/c1-4-10-16(11-5-1)19(17-12-6-2-7-13-17)18-14-8-3-9-15-18;1-3-7-11-9(5-1)13-10-6-2-4-8-12(10)14-11/h1-15,19H;1-8,13H. The van der Waals surface area contributed by atoms with Crippen molar-refractivity contribution in [3.05, 3.63) is 156 Å². The molecule has 0 aliphatic carbocycles. The Hall–Kier alpha value is -3.75. The van der Waals surface area contributed by atoms with Crippen LogP contribution in [0.3, 0.4) is 0 Å². The van der Waals surface area contributed by atoms with Gasteiger partial charge in [-0.15, -0.1) is 0 Å². The lowest BCUT2D eigenvalue weighted by Gasteiger charge is -2.19. The fourth-order valence-electron chi connectivity index (χ4n) is 4.10. The van der Waals surface area contributed by atoms with Crippen LogP contribution >= 0.6 is 11.8 Å². The first-order chi connectivity index (χ1) is 16.4. The first-order valence-electron chi connectivity index (χ1n) is 11.2. The van der Waals surface area contributed by atoms with E-state index in [1.165, 1.54) is 37.9 Å². The van der Waals surface area contributed by atoms with E-state index in [2.05, 4.69) is 145 Å². The lowest BCUT2D eigenvalue weighted by atomic mass is 9.85. The van der Waals surface area contributed by atoms with E-state index in [0.29, 0.717) is 5.92 Å². The number of hydrogen-bond donors (Lipinski definition) is 1. The Kier molecular flexibility index (Phi) is 6.56. The van der Waals surface area contributed by atoms with Crippen LogP contribution in [0.25, 0.3) is 0 Å². The van der Waals surface area contributed by atoms with Crippen molar-refractivity contribution in [2.75, 3.05) is 5.32 Å². The quantitative estimate of drug-likeness (QED) is 0.274. The van der Waals surface area contributed by atoms with Crippen molar-refractivity contribution in [1.82, 2.24) is 0 Å². The molecular weight excluding hydrogens is 418 g/mol. The van der Waals surface area contributed by atoms with Gasteiger partial charge in [0.25, 0.3) is 0 Å². The minimum atomic E-state index is 0.309. The number of para-hydroxylation sites is 2. The Labute approximate surface area is 200 Å². The fraction of sp³-hybridized carbons (Fsp3) is 0.0323. The van der Waals surface area contributed by atoms with Crippen molar-refractivity contribution >= 4 is 23.1 Å². The van der Waals surface area contributed by atoms with Crippen LogP contribution in [-0.4, -0.2) is 0 Å². The first kappa shape index (κ1) is 21.1. The van der Waals surface area contributed by atoms with Crippen molar-refractivity contribution in [2.24, 2.45) is 0 Å². The highest BCUT2D eigenvalue weighted by Gasteiger charge is 2.15. The molecule has 1 aliphatic heterocycles. The molecule has 5 aromatic rings. The van der Waals surface area contributed by atoms with Gasteiger partial charge < -0.3 is 5.32 Å². The van der Waals surface area contributed by atoms with E-state index < -0.39 is 0 Å². The lowest BCUT2D eigenvalue weighted by Crippen LogP contribution is -2.02. The zero-order valence-corrected chi connectivity index (χ0v) is 19.1. The number of anilines is 2. The third-order valence-corrected chi connectivity index (χ3v) is 6.81. The number of nitrogens with one attached hydrogen (secondary N) is 1. The molecule has 1 heterocycles. The Morgan fingerprint density at radius 2 is 0.727 bits per heavy atom. The highest BCUT2D eigenvalue weighted by atomic mass is 32.2. The molecule has 0 unspecified atom stereocenters. The highest BCUT2D eigenvalue weighted by molar-refractivity contribution is 7.99. The Morgan fingerprint density at radius 1 is 0.394 bits per heavy atom. The Bertz CT molecular complexity index is 1120. The average molecular weight is 444 g/mol. The molecule has 1 nitrogen and oxygen atoms in total. The first-order valence-corrected chi connectivity index (χ1v) is 12.0. The Morgan fingerprint density at radius 3 is 1.12 bits per heavy atom. The molecule has 2 heteroatoms. The van der Waals surface area contributed by atoms with Gasteiger partial charge in [-0.1, -0.05) is 127 Å². The minimum absolute atomic E-state index is 0.309. The average Bonchev–Trinajstić information content (AvgIpc) is 2.90. The van der Waals surface area contributed by atoms with Crippen LogP contribution < -0.4 is 5.32 Å². The normalized spacial score (nSPS) is 11.4.